The molecule has 0 spiro atoms. The van der Waals surface area contributed by atoms with Crippen LogP contribution in [0, 0.1) is 0 Å². The molecular weight excluding hydrogens is 269 g/mol. The highest BCUT2D eigenvalue weighted by atomic mass is 32.1. The highest BCUT2D eigenvalue weighted by Crippen LogP contribution is 2.39. The van der Waals surface area contributed by atoms with Crippen molar-refractivity contribution in [1.29, 1.82) is 0 Å². The first kappa shape index (κ1) is 12.9. The summed E-state index contributed by atoms with van der Waals surface area (Å²) in [6, 6.07) is 0. The van der Waals surface area contributed by atoms with Gasteiger partial charge in [-0.25, -0.2) is 0 Å². The number of carbonyl (C=O) groups excluding carboxylic acids is 2. The molecule has 1 aliphatic rings. The van der Waals surface area contributed by atoms with Crippen LogP contribution >= 0.6 is 11.3 Å². The van der Waals surface area contributed by atoms with E-state index < -0.39 is 18.0 Å². The number of amides is 2. The van der Waals surface area contributed by atoms with Gasteiger partial charge >= 0.3 is 12.1 Å². The molecule has 1 aliphatic carbocycles. The number of rotatable bonds is 2. The lowest BCUT2D eigenvalue weighted by atomic mass is 10.1. The summed E-state index contributed by atoms with van der Waals surface area (Å²) >= 11 is 0.989. The fourth-order valence-electron chi connectivity index (χ4n) is 1.93. The number of primary amides is 1. The minimum atomic E-state index is -4.98. The second-order valence-corrected chi connectivity index (χ2v) is 4.98. The van der Waals surface area contributed by atoms with E-state index in [0.717, 1.165) is 22.6 Å². The average molecular weight is 278 g/mol. The van der Waals surface area contributed by atoms with E-state index in [9.17, 15) is 22.8 Å². The highest BCUT2D eigenvalue weighted by molar-refractivity contribution is 7.17. The molecule has 98 valence electrons. The maximum atomic E-state index is 12.1. The summed E-state index contributed by atoms with van der Waals surface area (Å²) in [5.41, 5.74) is 5.84. The van der Waals surface area contributed by atoms with Crippen LogP contribution in [0.2, 0.25) is 0 Å². The number of alkyl halides is 3. The predicted molar refractivity (Wildman–Crippen MR) is 59.5 cm³/mol. The molecule has 0 saturated heterocycles. The lowest BCUT2D eigenvalue weighted by Crippen LogP contribution is -2.30. The summed E-state index contributed by atoms with van der Waals surface area (Å²) in [7, 11) is 0. The molecule has 0 bridgehead atoms. The Morgan fingerprint density at radius 2 is 1.94 bits per heavy atom. The molecule has 0 radical (unpaired) electrons. The van der Waals surface area contributed by atoms with E-state index in [0.29, 0.717) is 18.4 Å². The molecule has 0 atom stereocenters. The number of hydrogen-bond donors (Lipinski definition) is 2. The Labute approximate surface area is 104 Å². The normalized spacial score (nSPS) is 14.4. The topological polar surface area (TPSA) is 72.2 Å². The van der Waals surface area contributed by atoms with Gasteiger partial charge in [-0.2, -0.15) is 13.2 Å². The van der Waals surface area contributed by atoms with Gasteiger partial charge in [0.15, 0.2) is 0 Å². The van der Waals surface area contributed by atoms with Gasteiger partial charge in [0.25, 0.3) is 5.91 Å². The number of thiophene rings is 1. The zero-order valence-corrected chi connectivity index (χ0v) is 9.87. The first-order valence-corrected chi connectivity index (χ1v) is 5.95. The van der Waals surface area contributed by atoms with E-state index >= 15 is 0 Å². The number of halogens is 3. The molecule has 18 heavy (non-hydrogen) atoms. The van der Waals surface area contributed by atoms with Crippen LogP contribution in [0.5, 0.6) is 0 Å². The Bertz CT molecular complexity index is 522. The number of nitrogens with one attached hydrogen (secondary N) is 1. The zero-order chi connectivity index (χ0) is 13.5. The standard InChI is InChI=1S/C10H9F3N2O2S/c11-10(12,13)9(17)15-8-6(7(14)16)4-2-1-3-5(4)18-8/h1-3H2,(H2,14,16)(H,15,17). The van der Waals surface area contributed by atoms with E-state index in [-0.39, 0.29) is 10.6 Å². The molecule has 1 aromatic heterocycles. The quantitative estimate of drug-likeness (QED) is 0.866. The number of hydrogen-bond acceptors (Lipinski definition) is 3. The van der Waals surface area contributed by atoms with Crippen LogP contribution in [-0.2, 0) is 17.6 Å². The molecule has 8 heteroatoms. The second kappa shape index (κ2) is 4.27. The van der Waals surface area contributed by atoms with Crippen molar-refractivity contribution in [3.8, 4) is 0 Å². The van der Waals surface area contributed by atoms with E-state index in [1.165, 1.54) is 0 Å². The largest absolute Gasteiger partial charge is 0.471 e. The smallest absolute Gasteiger partial charge is 0.365 e. The van der Waals surface area contributed by atoms with Gasteiger partial charge in [0.2, 0.25) is 0 Å². The number of aryl methyl sites for hydroxylation is 1. The maximum Gasteiger partial charge on any atom is 0.471 e. The van der Waals surface area contributed by atoms with E-state index in [1.807, 2.05) is 0 Å². The SMILES string of the molecule is NC(=O)c1c(NC(=O)C(F)(F)F)sc2c1CCC2. The summed E-state index contributed by atoms with van der Waals surface area (Å²) in [5, 5.41) is 1.61. The van der Waals surface area contributed by atoms with Crippen molar-refractivity contribution in [2.45, 2.75) is 25.4 Å². The van der Waals surface area contributed by atoms with Gasteiger partial charge < -0.3 is 11.1 Å². The monoisotopic (exact) mass is 278 g/mol. The van der Waals surface area contributed by atoms with Gasteiger partial charge in [0.1, 0.15) is 5.00 Å². The lowest BCUT2D eigenvalue weighted by Gasteiger charge is -2.07. The first-order valence-electron chi connectivity index (χ1n) is 5.13. The van der Waals surface area contributed by atoms with Crippen molar-refractivity contribution in [2.24, 2.45) is 5.73 Å². The van der Waals surface area contributed by atoms with Gasteiger partial charge in [-0.1, -0.05) is 0 Å². The lowest BCUT2D eigenvalue weighted by molar-refractivity contribution is -0.167. The first-order chi connectivity index (χ1) is 8.30. The Morgan fingerprint density at radius 1 is 1.28 bits per heavy atom. The van der Waals surface area contributed by atoms with Crippen LogP contribution in [-0.4, -0.2) is 18.0 Å². The molecule has 2 amide bonds. The third-order valence-electron chi connectivity index (χ3n) is 2.65. The molecule has 0 fully saturated rings. The van der Waals surface area contributed by atoms with E-state index in [1.54, 1.807) is 5.32 Å². The Kier molecular flexibility index (Phi) is 3.05. The fourth-order valence-corrected chi connectivity index (χ4v) is 3.22. The summed E-state index contributed by atoms with van der Waals surface area (Å²) in [5.74, 6) is -2.91. The molecule has 3 N–H and O–H groups in total. The highest BCUT2D eigenvalue weighted by Gasteiger charge is 2.40. The van der Waals surface area contributed by atoms with Crippen LogP contribution in [0.15, 0.2) is 0 Å². The molecule has 0 aliphatic heterocycles. The average Bonchev–Trinajstić information content (AvgIpc) is 2.74. The van der Waals surface area contributed by atoms with Gasteiger partial charge in [-0.3, -0.25) is 9.59 Å². The molecule has 1 heterocycles. The zero-order valence-electron chi connectivity index (χ0n) is 9.06. The molecule has 2 rings (SSSR count). The minimum absolute atomic E-state index is 0.0186. The van der Waals surface area contributed by atoms with Crippen molar-refractivity contribution in [3.63, 3.8) is 0 Å². The minimum Gasteiger partial charge on any atom is -0.365 e. The van der Waals surface area contributed by atoms with Crippen LogP contribution in [0.25, 0.3) is 0 Å². The molecule has 0 saturated carbocycles. The van der Waals surface area contributed by atoms with Crippen molar-refractivity contribution >= 4 is 28.2 Å². The molecule has 0 unspecified atom stereocenters. The molecular formula is C10H9F3N2O2S. The van der Waals surface area contributed by atoms with Crippen LogP contribution in [0.3, 0.4) is 0 Å². The third-order valence-corrected chi connectivity index (χ3v) is 3.86. The predicted octanol–water partition coefficient (Wildman–Crippen LogP) is 1.84. The van der Waals surface area contributed by atoms with Crippen molar-refractivity contribution in [3.05, 3.63) is 16.0 Å². The Balaban J connectivity index is 2.35. The molecule has 4 nitrogen and oxygen atoms in total. The van der Waals surface area contributed by atoms with Crippen LogP contribution < -0.4 is 11.1 Å². The summed E-state index contributed by atoms with van der Waals surface area (Å²) in [6.07, 6.45) is -2.84. The van der Waals surface area contributed by atoms with Gasteiger partial charge in [-0.15, -0.1) is 11.3 Å². The maximum absolute atomic E-state index is 12.1. The molecule has 1 aromatic rings. The second-order valence-electron chi connectivity index (χ2n) is 3.88. The summed E-state index contributed by atoms with van der Waals surface area (Å²) < 4.78 is 36.4. The number of nitrogens with two attached hydrogens (primary N) is 1. The van der Waals surface area contributed by atoms with E-state index in [2.05, 4.69) is 0 Å². The van der Waals surface area contributed by atoms with Crippen LogP contribution in [0.4, 0.5) is 18.2 Å². The fraction of sp³-hybridized carbons (Fsp3) is 0.400. The summed E-state index contributed by atoms with van der Waals surface area (Å²) in [6.45, 7) is 0. The van der Waals surface area contributed by atoms with Crippen molar-refractivity contribution in [2.75, 3.05) is 5.32 Å². The van der Waals surface area contributed by atoms with Gasteiger partial charge in [0, 0.05) is 4.88 Å². The number of carbonyl (C=O) groups is 2. The third kappa shape index (κ3) is 2.20. The Hall–Kier alpha value is -1.57. The van der Waals surface area contributed by atoms with Gasteiger partial charge in [-0.05, 0) is 24.8 Å². The Morgan fingerprint density at radius 3 is 2.50 bits per heavy atom. The molecule has 0 aromatic carbocycles. The van der Waals surface area contributed by atoms with E-state index in [4.69, 9.17) is 5.73 Å². The van der Waals surface area contributed by atoms with Gasteiger partial charge in [0.05, 0.1) is 5.56 Å². The van der Waals surface area contributed by atoms with Crippen molar-refractivity contribution in [1.82, 2.24) is 0 Å². The number of anilines is 1. The van der Waals surface area contributed by atoms with Crippen molar-refractivity contribution < 1.29 is 22.8 Å². The van der Waals surface area contributed by atoms with Crippen LogP contribution in [0.1, 0.15) is 27.2 Å². The summed E-state index contributed by atoms with van der Waals surface area (Å²) in [4.78, 5) is 22.9. The number of fused-ring (bicyclic) bond motifs is 1.